The molecule has 5 N–H and O–H groups in total. The minimum absolute atomic E-state index is 0.00625. The lowest BCUT2D eigenvalue weighted by Gasteiger charge is -2.10. The van der Waals surface area contributed by atoms with E-state index in [-0.39, 0.29) is 24.2 Å². The largest absolute Gasteiger partial charge is 0.445 e. The number of carbonyl (C=O) groups is 4. The van der Waals surface area contributed by atoms with Gasteiger partial charge in [-0.3, -0.25) is 19.7 Å². The quantitative estimate of drug-likeness (QED) is 0.218. The van der Waals surface area contributed by atoms with Crippen LogP contribution in [-0.4, -0.2) is 23.7 Å². The standard InChI is InChI=1S/C18H28N2O3.C4H3NO2/c1-2-3-4-5-6-7-8-9-17(21)16-12-15(19)11-10-14(16)13-23-18(20)22;6-3-1-2-4(7)5-3/h10-12H,2-9,13,19H2,1H3,(H2,20,22);1-2H,(H,5,6,7). The third kappa shape index (κ3) is 10.4. The Balaban J connectivity index is 0.000000539. The number of benzene rings is 1. The summed E-state index contributed by atoms with van der Waals surface area (Å²) in [5.41, 5.74) is 12.4. The number of ether oxygens (including phenoxy) is 1. The van der Waals surface area contributed by atoms with Crippen LogP contribution in [0, 0.1) is 0 Å². The maximum Gasteiger partial charge on any atom is 0.404 e. The van der Waals surface area contributed by atoms with Gasteiger partial charge in [0, 0.05) is 35.4 Å². The van der Waals surface area contributed by atoms with E-state index in [0.717, 1.165) is 12.8 Å². The molecule has 1 aromatic carbocycles. The molecule has 1 aromatic rings. The van der Waals surface area contributed by atoms with Gasteiger partial charge in [0.15, 0.2) is 5.78 Å². The normalized spacial score (nSPS) is 12.2. The van der Waals surface area contributed by atoms with Gasteiger partial charge in [-0.25, -0.2) is 4.79 Å². The maximum atomic E-state index is 12.4. The number of rotatable bonds is 11. The molecule has 0 saturated heterocycles. The number of anilines is 1. The lowest BCUT2D eigenvalue weighted by atomic mass is 9.98. The van der Waals surface area contributed by atoms with Gasteiger partial charge in [0.1, 0.15) is 6.61 Å². The summed E-state index contributed by atoms with van der Waals surface area (Å²) in [6.45, 7) is 2.19. The zero-order chi connectivity index (χ0) is 22.4. The first-order valence-electron chi connectivity index (χ1n) is 10.2. The molecule has 8 heteroatoms. The average molecular weight is 418 g/mol. The first kappa shape index (κ1) is 24.9. The van der Waals surface area contributed by atoms with Gasteiger partial charge in [-0.2, -0.15) is 0 Å². The summed E-state index contributed by atoms with van der Waals surface area (Å²) in [4.78, 5) is 43.2. The topological polar surface area (TPSA) is 142 Å². The van der Waals surface area contributed by atoms with Crippen LogP contribution in [0.5, 0.6) is 0 Å². The van der Waals surface area contributed by atoms with Gasteiger partial charge in [0.2, 0.25) is 0 Å². The molecule has 0 aromatic heterocycles. The molecule has 164 valence electrons. The molecule has 0 bridgehead atoms. The van der Waals surface area contributed by atoms with E-state index >= 15 is 0 Å². The molecular weight excluding hydrogens is 386 g/mol. The van der Waals surface area contributed by atoms with Crippen molar-refractivity contribution in [1.82, 2.24) is 5.32 Å². The van der Waals surface area contributed by atoms with Crippen molar-refractivity contribution in [3.63, 3.8) is 0 Å². The highest BCUT2D eigenvalue weighted by molar-refractivity contribution is 6.12. The Labute approximate surface area is 177 Å². The van der Waals surface area contributed by atoms with Crippen molar-refractivity contribution < 1.29 is 23.9 Å². The van der Waals surface area contributed by atoms with Crippen LogP contribution in [0.3, 0.4) is 0 Å². The number of carbonyl (C=O) groups excluding carboxylic acids is 4. The van der Waals surface area contributed by atoms with Crippen molar-refractivity contribution in [2.45, 2.75) is 64.9 Å². The van der Waals surface area contributed by atoms with Gasteiger partial charge in [-0.1, -0.05) is 51.5 Å². The number of Topliss-reactive ketones (excluding diaryl/α,β-unsaturated/α-hetero) is 1. The molecule has 0 unspecified atom stereocenters. The SMILES string of the molecule is CCCCCCCCCC(=O)c1cc(N)ccc1COC(N)=O.O=C1C=CC(=O)N1. The molecule has 0 fully saturated rings. The number of unbranched alkanes of at least 4 members (excludes halogenated alkanes) is 6. The fourth-order valence-electron chi connectivity index (χ4n) is 2.86. The van der Waals surface area contributed by atoms with Gasteiger partial charge < -0.3 is 16.2 Å². The van der Waals surface area contributed by atoms with Crippen LogP contribution in [0.2, 0.25) is 0 Å². The molecule has 8 nitrogen and oxygen atoms in total. The summed E-state index contributed by atoms with van der Waals surface area (Å²) >= 11 is 0. The first-order chi connectivity index (χ1) is 14.3. The van der Waals surface area contributed by atoms with E-state index < -0.39 is 6.09 Å². The highest BCUT2D eigenvalue weighted by atomic mass is 16.5. The molecule has 30 heavy (non-hydrogen) atoms. The molecule has 1 aliphatic rings. The predicted octanol–water partition coefficient (Wildman–Crippen LogP) is 3.39. The van der Waals surface area contributed by atoms with Crippen molar-refractivity contribution in [3.8, 4) is 0 Å². The number of imide groups is 1. The molecule has 2 rings (SSSR count). The van der Waals surface area contributed by atoms with E-state index in [9.17, 15) is 19.2 Å². The Bertz CT molecular complexity index is 758. The molecule has 0 spiro atoms. The summed E-state index contributed by atoms with van der Waals surface area (Å²) in [7, 11) is 0. The van der Waals surface area contributed by atoms with Crippen molar-refractivity contribution >= 4 is 29.4 Å². The molecule has 0 atom stereocenters. The summed E-state index contributed by atoms with van der Waals surface area (Å²) in [6.07, 6.45) is 10.2. The lowest BCUT2D eigenvalue weighted by molar-refractivity contribution is -0.123. The first-order valence-corrected chi connectivity index (χ1v) is 10.2. The third-order valence-electron chi connectivity index (χ3n) is 4.44. The van der Waals surface area contributed by atoms with E-state index in [1.54, 1.807) is 18.2 Å². The summed E-state index contributed by atoms with van der Waals surface area (Å²) in [6, 6.07) is 5.03. The van der Waals surface area contributed by atoms with Crippen LogP contribution in [0.1, 0.15) is 74.2 Å². The van der Waals surface area contributed by atoms with Gasteiger partial charge in [0.05, 0.1) is 0 Å². The van der Waals surface area contributed by atoms with Crippen molar-refractivity contribution in [2.24, 2.45) is 5.73 Å². The summed E-state index contributed by atoms with van der Waals surface area (Å²) in [5.74, 6) is -0.621. The Morgan fingerprint density at radius 3 is 2.10 bits per heavy atom. The van der Waals surface area contributed by atoms with Crippen LogP contribution in [0.25, 0.3) is 0 Å². The molecule has 0 radical (unpaired) electrons. The van der Waals surface area contributed by atoms with E-state index in [1.807, 2.05) is 5.32 Å². The van der Waals surface area contributed by atoms with Gasteiger partial charge in [-0.05, 0) is 18.6 Å². The second-order valence-corrected chi connectivity index (χ2v) is 7.01. The van der Waals surface area contributed by atoms with Gasteiger partial charge >= 0.3 is 6.09 Å². The predicted molar refractivity (Wildman–Crippen MR) is 114 cm³/mol. The third-order valence-corrected chi connectivity index (χ3v) is 4.44. The maximum absolute atomic E-state index is 12.4. The highest BCUT2D eigenvalue weighted by Gasteiger charge is 2.13. The summed E-state index contributed by atoms with van der Waals surface area (Å²) in [5, 5.41) is 2.03. The Morgan fingerprint density at radius 1 is 0.967 bits per heavy atom. The number of nitrogens with two attached hydrogens (primary N) is 2. The number of amides is 3. The Kier molecular flexibility index (Phi) is 11.5. The molecule has 1 heterocycles. The zero-order valence-corrected chi connectivity index (χ0v) is 17.4. The second-order valence-electron chi connectivity index (χ2n) is 7.01. The number of nitrogens with one attached hydrogen (secondary N) is 1. The van der Waals surface area contributed by atoms with Crippen LogP contribution in [-0.2, 0) is 20.9 Å². The number of hydrogen-bond donors (Lipinski definition) is 3. The van der Waals surface area contributed by atoms with Gasteiger partial charge in [0.25, 0.3) is 11.8 Å². The van der Waals surface area contributed by atoms with Crippen LogP contribution >= 0.6 is 0 Å². The zero-order valence-electron chi connectivity index (χ0n) is 17.4. The van der Waals surface area contributed by atoms with Crippen molar-refractivity contribution in [1.29, 1.82) is 0 Å². The number of nitrogen functional groups attached to an aromatic ring is 1. The fraction of sp³-hybridized carbons (Fsp3) is 0.455. The Hall–Kier alpha value is -3.16. The fourth-order valence-corrected chi connectivity index (χ4v) is 2.86. The summed E-state index contributed by atoms with van der Waals surface area (Å²) < 4.78 is 4.78. The molecule has 0 aliphatic carbocycles. The Morgan fingerprint density at radius 2 is 1.57 bits per heavy atom. The van der Waals surface area contributed by atoms with Crippen LogP contribution in [0.4, 0.5) is 10.5 Å². The molecule has 0 saturated carbocycles. The highest BCUT2D eigenvalue weighted by Crippen LogP contribution is 2.18. The van der Waals surface area contributed by atoms with E-state index in [4.69, 9.17) is 16.2 Å². The number of ketones is 1. The van der Waals surface area contributed by atoms with Crippen LogP contribution in [0.15, 0.2) is 30.4 Å². The minimum Gasteiger partial charge on any atom is -0.445 e. The monoisotopic (exact) mass is 417 g/mol. The molecule has 1 aliphatic heterocycles. The molecule has 3 amide bonds. The molecular formula is C22H31N3O5. The smallest absolute Gasteiger partial charge is 0.404 e. The number of hydrogen-bond acceptors (Lipinski definition) is 6. The van der Waals surface area contributed by atoms with E-state index in [1.165, 1.54) is 44.3 Å². The van der Waals surface area contributed by atoms with Crippen molar-refractivity contribution in [3.05, 3.63) is 41.5 Å². The average Bonchev–Trinajstić information content (AvgIpc) is 3.09. The van der Waals surface area contributed by atoms with Crippen molar-refractivity contribution in [2.75, 3.05) is 5.73 Å². The minimum atomic E-state index is -0.854. The van der Waals surface area contributed by atoms with Gasteiger partial charge in [-0.15, -0.1) is 0 Å². The van der Waals surface area contributed by atoms with E-state index in [0.29, 0.717) is 23.2 Å². The lowest BCUT2D eigenvalue weighted by Crippen LogP contribution is -2.19. The second kappa shape index (κ2) is 13.9. The number of primary amides is 1. The van der Waals surface area contributed by atoms with E-state index in [2.05, 4.69) is 6.92 Å². The van der Waals surface area contributed by atoms with Crippen LogP contribution < -0.4 is 16.8 Å².